The number of anilines is 4. The van der Waals surface area contributed by atoms with Gasteiger partial charge in [-0.1, -0.05) is 11.6 Å². The number of halogens is 1. The first-order valence-corrected chi connectivity index (χ1v) is 15.8. The van der Waals surface area contributed by atoms with Crippen LogP contribution in [0.3, 0.4) is 0 Å². The second-order valence-corrected chi connectivity index (χ2v) is 14.1. The highest BCUT2D eigenvalue weighted by molar-refractivity contribution is 7.92. The van der Waals surface area contributed by atoms with Crippen LogP contribution in [0.15, 0.2) is 23.5 Å². The van der Waals surface area contributed by atoms with E-state index in [9.17, 15) is 8.42 Å². The van der Waals surface area contributed by atoms with Gasteiger partial charge in [0.2, 0.25) is 20.8 Å². The van der Waals surface area contributed by atoms with E-state index in [1.807, 2.05) is 13.8 Å². The third kappa shape index (κ3) is 5.51. The van der Waals surface area contributed by atoms with Crippen molar-refractivity contribution in [1.29, 1.82) is 0 Å². The average Bonchev–Trinajstić information content (AvgIpc) is 3.51. The molecule has 0 unspecified atom stereocenters. The Morgan fingerprint density at radius 1 is 1.15 bits per heavy atom. The summed E-state index contributed by atoms with van der Waals surface area (Å²) in [5.74, 6) is 1.96. The molecule has 2 aliphatic rings. The molecule has 2 aliphatic heterocycles. The molecule has 0 amide bonds. The first kappa shape index (κ1) is 28.6. The first-order chi connectivity index (χ1) is 19.0. The maximum absolute atomic E-state index is 13.1. The van der Waals surface area contributed by atoms with E-state index >= 15 is 0 Å². The number of aryl methyl sites for hydroxylation is 1. The van der Waals surface area contributed by atoms with Gasteiger partial charge in [-0.25, -0.2) is 13.4 Å². The Kier molecular flexibility index (Phi) is 8.00. The Labute approximate surface area is 241 Å². The smallest absolute Gasteiger partial charge is 0.229 e. The number of ether oxygens (including phenoxy) is 1. The molecule has 5 rings (SSSR count). The number of fused-ring (bicyclic) bond motifs is 1. The molecule has 40 heavy (non-hydrogen) atoms. The van der Waals surface area contributed by atoms with Gasteiger partial charge in [-0.3, -0.25) is 4.68 Å². The summed E-state index contributed by atoms with van der Waals surface area (Å²) in [5.41, 5.74) is 5.01. The van der Waals surface area contributed by atoms with E-state index in [0.29, 0.717) is 17.6 Å². The third-order valence-electron chi connectivity index (χ3n) is 7.55. The van der Waals surface area contributed by atoms with Gasteiger partial charge < -0.3 is 20.7 Å². The van der Waals surface area contributed by atoms with E-state index in [-0.39, 0.29) is 28.0 Å². The van der Waals surface area contributed by atoms with Crippen LogP contribution in [0.2, 0.25) is 5.02 Å². The molecule has 1 aromatic carbocycles. The number of sulfone groups is 1. The van der Waals surface area contributed by atoms with Gasteiger partial charge in [0.1, 0.15) is 16.9 Å². The number of aromatic nitrogens is 4. The van der Waals surface area contributed by atoms with Crippen LogP contribution >= 0.6 is 11.6 Å². The number of hydrogen-bond acceptors (Lipinski definition) is 9. The Balaban J connectivity index is 1.48. The minimum absolute atomic E-state index is 0.0321. The number of hydrogen-bond donors (Lipinski definition) is 3. The van der Waals surface area contributed by atoms with Gasteiger partial charge >= 0.3 is 0 Å². The highest BCUT2D eigenvalue weighted by atomic mass is 35.5. The standard InChI is InChI=1S/C28H38ClN7O3S/c1-15(2)36-14-23(27(35-36)40(37,38)16(3)4)32-26-21(29)13-31-28(34-26)33-22-11-17(5)24(19-7-9-30-10-8-19)20-12-18(6)39-25(20)22/h11,13-16,18-19,30H,7-10,12H2,1-6H3,(H2,31,32,33,34)/t18-/m1/s1. The number of rotatable bonds is 8. The molecule has 1 saturated heterocycles. The fourth-order valence-corrected chi connectivity index (χ4v) is 6.65. The van der Waals surface area contributed by atoms with Gasteiger partial charge in [-0.2, -0.15) is 10.1 Å². The zero-order chi connectivity index (χ0) is 28.8. The molecular weight excluding hydrogens is 550 g/mol. The minimum Gasteiger partial charge on any atom is -0.488 e. The van der Waals surface area contributed by atoms with Crippen LogP contribution in [-0.4, -0.2) is 52.6 Å². The summed E-state index contributed by atoms with van der Waals surface area (Å²) in [7, 11) is -3.66. The summed E-state index contributed by atoms with van der Waals surface area (Å²) < 4.78 is 34.0. The lowest BCUT2D eigenvalue weighted by molar-refractivity contribution is 0.256. The van der Waals surface area contributed by atoms with Crippen molar-refractivity contribution >= 4 is 44.6 Å². The molecule has 10 nitrogen and oxygen atoms in total. The second-order valence-electron chi connectivity index (χ2n) is 11.3. The van der Waals surface area contributed by atoms with E-state index < -0.39 is 15.1 Å². The van der Waals surface area contributed by atoms with Crippen LogP contribution in [0.1, 0.15) is 76.1 Å². The fraction of sp³-hybridized carbons (Fsp3) is 0.536. The number of nitrogens with zero attached hydrogens (tertiary/aromatic N) is 4. The molecule has 0 aliphatic carbocycles. The predicted molar refractivity (Wildman–Crippen MR) is 158 cm³/mol. The average molecular weight is 588 g/mol. The molecule has 3 aromatic rings. The van der Waals surface area contributed by atoms with Crippen LogP contribution in [0.5, 0.6) is 5.75 Å². The molecule has 1 atom stereocenters. The zero-order valence-corrected chi connectivity index (χ0v) is 25.4. The van der Waals surface area contributed by atoms with Crippen LogP contribution in [0, 0.1) is 6.92 Å². The Bertz CT molecular complexity index is 1510. The maximum atomic E-state index is 13.1. The summed E-state index contributed by atoms with van der Waals surface area (Å²) in [5, 5.41) is 13.8. The lowest BCUT2D eigenvalue weighted by Gasteiger charge is -2.27. The number of piperidine rings is 1. The Morgan fingerprint density at radius 3 is 2.55 bits per heavy atom. The summed E-state index contributed by atoms with van der Waals surface area (Å²) >= 11 is 6.47. The van der Waals surface area contributed by atoms with Crippen molar-refractivity contribution in [2.75, 3.05) is 23.7 Å². The SMILES string of the molecule is Cc1cc(Nc2ncc(Cl)c(Nc3cn(C(C)C)nc3S(=O)(=O)C(C)C)n2)c2c(c1C1CCNCC1)C[C@@H](C)O2. The summed E-state index contributed by atoms with van der Waals surface area (Å²) in [4.78, 5) is 9.01. The largest absolute Gasteiger partial charge is 0.488 e. The van der Waals surface area contributed by atoms with Crippen molar-refractivity contribution in [2.45, 2.75) is 89.1 Å². The molecule has 0 saturated carbocycles. The molecule has 216 valence electrons. The van der Waals surface area contributed by atoms with Crippen molar-refractivity contribution in [3.8, 4) is 5.75 Å². The maximum Gasteiger partial charge on any atom is 0.229 e. The summed E-state index contributed by atoms with van der Waals surface area (Å²) in [6.07, 6.45) is 6.34. The molecule has 0 spiro atoms. The van der Waals surface area contributed by atoms with Crippen LogP contribution in [0.4, 0.5) is 23.1 Å². The predicted octanol–water partition coefficient (Wildman–Crippen LogP) is 5.68. The monoisotopic (exact) mass is 587 g/mol. The molecule has 0 bridgehead atoms. The Hall–Kier alpha value is -2.89. The molecular formula is C28H38ClN7O3S. The van der Waals surface area contributed by atoms with Gasteiger partial charge in [0, 0.05) is 18.0 Å². The molecule has 1 fully saturated rings. The van der Waals surface area contributed by atoms with Crippen molar-refractivity contribution in [3.63, 3.8) is 0 Å². The van der Waals surface area contributed by atoms with Gasteiger partial charge in [0.25, 0.3) is 0 Å². The highest BCUT2D eigenvalue weighted by Crippen LogP contribution is 2.45. The molecule has 4 heterocycles. The van der Waals surface area contributed by atoms with Crippen molar-refractivity contribution in [3.05, 3.63) is 40.2 Å². The summed E-state index contributed by atoms with van der Waals surface area (Å²) in [6, 6.07) is 2.08. The zero-order valence-electron chi connectivity index (χ0n) is 23.9. The number of benzene rings is 1. The van der Waals surface area contributed by atoms with E-state index in [1.165, 1.54) is 22.9 Å². The lowest BCUT2D eigenvalue weighted by Crippen LogP contribution is -2.27. The van der Waals surface area contributed by atoms with Crippen molar-refractivity contribution < 1.29 is 13.2 Å². The molecule has 0 radical (unpaired) electrons. The number of nitrogens with one attached hydrogen (secondary N) is 3. The van der Waals surface area contributed by atoms with E-state index in [2.05, 4.69) is 50.9 Å². The van der Waals surface area contributed by atoms with Crippen LogP contribution in [0.25, 0.3) is 0 Å². The topological polar surface area (TPSA) is 123 Å². The van der Waals surface area contributed by atoms with Crippen molar-refractivity contribution in [1.82, 2.24) is 25.1 Å². The Morgan fingerprint density at radius 2 is 1.88 bits per heavy atom. The molecule has 2 aromatic heterocycles. The fourth-order valence-electron chi connectivity index (χ4n) is 5.44. The van der Waals surface area contributed by atoms with Gasteiger partial charge in [0.05, 0.1) is 29.0 Å². The van der Waals surface area contributed by atoms with E-state index in [1.54, 1.807) is 24.7 Å². The lowest BCUT2D eigenvalue weighted by atomic mass is 9.83. The normalized spacial score (nSPS) is 17.8. The van der Waals surface area contributed by atoms with Crippen LogP contribution in [-0.2, 0) is 16.3 Å². The molecule has 3 N–H and O–H groups in total. The van der Waals surface area contributed by atoms with Crippen molar-refractivity contribution in [2.24, 2.45) is 0 Å². The minimum atomic E-state index is -3.66. The molecule has 12 heteroatoms. The summed E-state index contributed by atoms with van der Waals surface area (Å²) in [6.45, 7) is 13.4. The van der Waals surface area contributed by atoms with Gasteiger partial charge in [-0.05, 0) is 90.6 Å². The highest BCUT2D eigenvalue weighted by Gasteiger charge is 2.31. The quantitative estimate of drug-likeness (QED) is 0.305. The van der Waals surface area contributed by atoms with E-state index in [0.717, 1.165) is 43.8 Å². The van der Waals surface area contributed by atoms with Gasteiger partial charge in [-0.15, -0.1) is 0 Å². The third-order valence-corrected chi connectivity index (χ3v) is 9.91. The second kappa shape index (κ2) is 11.2. The first-order valence-electron chi connectivity index (χ1n) is 13.9. The van der Waals surface area contributed by atoms with E-state index in [4.69, 9.17) is 16.3 Å². The van der Waals surface area contributed by atoms with Crippen LogP contribution < -0.4 is 20.7 Å². The van der Waals surface area contributed by atoms with Gasteiger partial charge in [0.15, 0.2) is 5.82 Å².